The summed E-state index contributed by atoms with van der Waals surface area (Å²) >= 11 is 3.47. The lowest BCUT2D eigenvalue weighted by Crippen LogP contribution is -2.51. The molecule has 0 aliphatic heterocycles. The second-order valence-corrected chi connectivity index (χ2v) is 15.3. The van der Waals surface area contributed by atoms with Crippen LogP contribution >= 0.6 is 15.9 Å². The monoisotopic (exact) mass is 594 g/mol. The molecule has 0 radical (unpaired) electrons. The maximum atomic E-state index is 12.9. The fraction of sp³-hybridized carbons (Fsp3) is 0.694. The predicted octanol–water partition coefficient (Wildman–Crippen LogP) is 10.4. The van der Waals surface area contributed by atoms with Gasteiger partial charge >= 0.3 is 5.97 Å². The Hall–Kier alpha value is -1.35. The van der Waals surface area contributed by atoms with Crippen LogP contribution < -0.4 is 0 Å². The number of carbonyl (C=O) groups is 1. The zero-order valence-electron chi connectivity index (χ0n) is 25.1. The van der Waals surface area contributed by atoms with Crippen molar-refractivity contribution >= 4 is 28.0 Å². The van der Waals surface area contributed by atoms with E-state index in [1.807, 2.05) is 36.4 Å². The van der Waals surface area contributed by atoms with Crippen molar-refractivity contribution in [3.63, 3.8) is 0 Å². The minimum atomic E-state index is -0.241. The highest BCUT2D eigenvalue weighted by Crippen LogP contribution is 2.67. The maximum absolute atomic E-state index is 12.9. The van der Waals surface area contributed by atoms with Crippen LogP contribution in [0.3, 0.4) is 0 Å². The van der Waals surface area contributed by atoms with E-state index in [0.29, 0.717) is 9.90 Å². The number of carbonyl (C=O) groups excluding carboxylic acids is 1. The first-order valence-corrected chi connectivity index (χ1v) is 16.7. The van der Waals surface area contributed by atoms with Crippen molar-refractivity contribution in [1.29, 1.82) is 0 Å². The van der Waals surface area contributed by atoms with Gasteiger partial charge in [0.15, 0.2) is 0 Å². The number of benzene rings is 1. The molecule has 0 aromatic heterocycles. The van der Waals surface area contributed by atoms with Gasteiger partial charge in [0, 0.05) is 6.42 Å². The van der Waals surface area contributed by atoms with Crippen molar-refractivity contribution in [3.8, 4) is 0 Å². The summed E-state index contributed by atoms with van der Waals surface area (Å²) in [5.41, 5.74) is 3.40. The summed E-state index contributed by atoms with van der Waals surface area (Å²) in [5, 5.41) is 0. The van der Waals surface area contributed by atoms with Crippen LogP contribution in [0, 0.1) is 46.3 Å². The first kappa shape index (κ1) is 29.2. The lowest BCUT2D eigenvalue weighted by molar-refractivity contribution is -0.145. The van der Waals surface area contributed by atoms with Gasteiger partial charge in [-0.25, -0.2) is 4.79 Å². The van der Waals surface area contributed by atoms with E-state index in [4.69, 9.17) is 4.74 Å². The van der Waals surface area contributed by atoms with Crippen molar-refractivity contribution in [2.75, 3.05) is 0 Å². The summed E-state index contributed by atoms with van der Waals surface area (Å²) in [6.07, 6.45) is 18.6. The lowest BCUT2D eigenvalue weighted by atomic mass is 9.47. The molecule has 0 N–H and O–H groups in total. The molecular formula is C36H51BrO2. The van der Waals surface area contributed by atoms with Gasteiger partial charge in [-0.2, -0.15) is 0 Å². The average molecular weight is 596 g/mol. The van der Waals surface area contributed by atoms with E-state index in [1.54, 1.807) is 5.57 Å². The fourth-order valence-corrected chi connectivity index (χ4v) is 10.1. The third kappa shape index (κ3) is 5.86. The Morgan fingerprint density at radius 3 is 2.54 bits per heavy atom. The first-order valence-electron chi connectivity index (χ1n) is 15.9. The van der Waals surface area contributed by atoms with E-state index >= 15 is 0 Å². The van der Waals surface area contributed by atoms with Gasteiger partial charge in [-0.15, -0.1) is 0 Å². The molecule has 0 saturated heterocycles. The van der Waals surface area contributed by atoms with Gasteiger partial charge in [0.1, 0.15) is 10.6 Å². The lowest BCUT2D eigenvalue weighted by Gasteiger charge is -2.58. The fourth-order valence-electron chi connectivity index (χ4n) is 9.71. The van der Waals surface area contributed by atoms with Crippen molar-refractivity contribution in [1.82, 2.24) is 0 Å². The van der Waals surface area contributed by atoms with Gasteiger partial charge in [0.2, 0.25) is 0 Å². The highest BCUT2D eigenvalue weighted by molar-refractivity contribution is 9.12. The van der Waals surface area contributed by atoms with Gasteiger partial charge < -0.3 is 4.74 Å². The number of rotatable bonds is 8. The predicted molar refractivity (Wildman–Crippen MR) is 166 cm³/mol. The molecule has 4 aliphatic rings. The number of allylic oxidation sites excluding steroid dienone is 1. The Morgan fingerprint density at radius 2 is 1.79 bits per heavy atom. The van der Waals surface area contributed by atoms with Crippen LogP contribution in [-0.4, -0.2) is 12.1 Å². The van der Waals surface area contributed by atoms with Crippen molar-refractivity contribution in [2.24, 2.45) is 46.3 Å². The molecule has 0 heterocycles. The van der Waals surface area contributed by atoms with E-state index in [1.165, 1.54) is 51.4 Å². The Labute approximate surface area is 246 Å². The van der Waals surface area contributed by atoms with Gasteiger partial charge in [0.25, 0.3) is 0 Å². The largest absolute Gasteiger partial charge is 0.458 e. The third-order valence-electron chi connectivity index (χ3n) is 11.8. The normalized spacial score (nSPS) is 36.9. The van der Waals surface area contributed by atoms with E-state index in [-0.39, 0.29) is 17.5 Å². The van der Waals surface area contributed by atoms with E-state index in [0.717, 1.165) is 60.3 Å². The minimum absolute atomic E-state index is 0.0125. The first-order chi connectivity index (χ1) is 18.6. The van der Waals surface area contributed by atoms with Crippen molar-refractivity contribution in [3.05, 3.63) is 52.0 Å². The number of hydrogen-bond acceptors (Lipinski definition) is 2. The second-order valence-electron chi connectivity index (χ2n) is 14.5. The second kappa shape index (κ2) is 11.9. The highest BCUT2D eigenvalue weighted by Gasteiger charge is 2.59. The molecule has 3 saturated carbocycles. The van der Waals surface area contributed by atoms with Gasteiger partial charge in [-0.05, 0) is 119 Å². The molecule has 214 valence electrons. The molecule has 3 fully saturated rings. The topological polar surface area (TPSA) is 26.3 Å². The van der Waals surface area contributed by atoms with Crippen LogP contribution in [0.25, 0.3) is 6.08 Å². The molecule has 39 heavy (non-hydrogen) atoms. The molecule has 1 aromatic carbocycles. The molecule has 0 amide bonds. The summed E-state index contributed by atoms with van der Waals surface area (Å²) in [6, 6.07) is 9.95. The summed E-state index contributed by atoms with van der Waals surface area (Å²) in [5.74, 6) is 4.88. The van der Waals surface area contributed by atoms with Crippen LogP contribution in [0.2, 0.25) is 0 Å². The van der Waals surface area contributed by atoms with E-state index in [9.17, 15) is 4.79 Å². The van der Waals surface area contributed by atoms with Crippen LogP contribution in [0.5, 0.6) is 0 Å². The Kier molecular flexibility index (Phi) is 8.87. The summed E-state index contributed by atoms with van der Waals surface area (Å²) in [6.45, 7) is 12.5. The smallest absolute Gasteiger partial charge is 0.345 e. The molecule has 8 atom stereocenters. The summed E-state index contributed by atoms with van der Waals surface area (Å²) in [4.78, 5) is 12.9. The zero-order valence-corrected chi connectivity index (χ0v) is 26.6. The molecule has 3 heteroatoms. The number of ether oxygens (including phenoxy) is 1. The summed E-state index contributed by atoms with van der Waals surface area (Å²) in [7, 11) is 0. The van der Waals surface area contributed by atoms with Crippen molar-refractivity contribution < 1.29 is 9.53 Å². The van der Waals surface area contributed by atoms with Gasteiger partial charge in [-0.3, -0.25) is 0 Å². The quantitative estimate of drug-likeness (QED) is 0.170. The Balaban J connectivity index is 1.23. The number of hydrogen-bond donors (Lipinski definition) is 0. The number of fused-ring (bicyclic) bond motifs is 5. The average Bonchev–Trinajstić information content (AvgIpc) is 3.26. The molecule has 0 unspecified atom stereocenters. The molecule has 0 bridgehead atoms. The standard InChI is InChI=1S/C36H51BrO2/c1-24(2)10-9-11-25(3)30-16-17-31-29-15-14-27-23-28(18-20-35(27,4)32(29)19-21-36(30,31)5)39-34(38)33(37)22-26-12-7-6-8-13-26/h6-8,12-14,22,24-25,28-32H,9-11,15-21,23H2,1-5H3/b33-22+/t25-,28-,29-,30+,31-,32-,35-,36+/m0/s1. The molecule has 2 nitrogen and oxygen atoms in total. The van der Waals surface area contributed by atoms with Crippen molar-refractivity contribution in [2.45, 2.75) is 111 Å². The van der Waals surface area contributed by atoms with Crippen LogP contribution in [-0.2, 0) is 9.53 Å². The summed E-state index contributed by atoms with van der Waals surface area (Å²) < 4.78 is 6.53. The SMILES string of the molecule is CC(C)CCC[C@H](C)[C@H]1CC[C@H]2[C@@H]3CC=C4C[C@@H](OC(=O)/C(Br)=C\c5ccccc5)CC[C@]4(C)[C@H]3CC[C@]12C. The molecule has 4 aliphatic carbocycles. The molecule has 0 spiro atoms. The molecule has 5 rings (SSSR count). The zero-order chi connectivity index (χ0) is 27.8. The van der Waals surface area contributed by atoms with E-state index < -0.39 is 0 Å². The maximum Gasteiger partial charge on any atom is 0.345 e. The third-order valence-corrected chi connectivity index (χ3v) is 12.4. The van der Waals surface area contributed by atoms with Crippen LogP contribution in [0.15, 0.2) is 46.5 Å². The molecular weight excluding hydrogens is 544 g/mol. The minimum Gasteiger partial charge on any atom is -0.458 e. The molecule has 1 aromatic rings. The van der Waals surface area contributed by atoms with Gasteiger partial charge in [0.05, 0.1) is 0 Å². The highest BCUT2D eigenvalue weighted by atomic mass is 79.9. The van der Waals surface area contributed by atoms with Crippen LogP contribution in [0.1, 0.15) is 111 Å². The van der Waals surface area contributed by atoms with Crippen LogP contribution in [0.4, 0.5) is 0 Å². The number of halogens is 1. The Bertz CT molecular complexity index is 1070. The number of esters is 1. The van der Waals surface area contributed by atoms with E-state index in [2.05, 4.69) is 56.6 Å². The Morgan fingerprint density at radius 1 is 1.03 bits per heavy atom. The van der Waals surface area contributed by atoms with Gasteiger partial charge in [-0.1, -0.05) is 95.9 Å².